The molecule has 0 saturated heterocycles. The number of hydrogen-bond acceptors (Lipinski definition) is 1. The smallest absolute Gasteiger partial charge is 0.174 e. The lowest BCUT2D eigenvalue weighted by atomic mass is 10.1. The minimum Gasteiger partial charge on any atom is -0.339 e. The van der Waals surface area contributed by atoms with Crippen molar-refractivity contribution in [2.45, 2.75) is 39.0 Å². The van der Waals surface area contributed by atoms with E-state index in [0.29, 0.717) is 0 Å². The maximum Gasteiger partial charge on any atom is 0.174 e. The Morgan fingerprint density at radius 1 is 1.42 bits per heavy atom. The van der Waals surface area contributed by atoms with Crippen LogP contribution in [0, 0.1) is 0 Å². The van der Waals surface area contributed by atoms with Gasteiger partial charge in [-0.2, -0.15) is 0 Å². The fraction of sp³-hybridized carbons (Fsp3) is 0.667. The van der Waals surface area contributed by atoms with Gasteiger partial charge in [0.2, 0.25) is 0 Å². The van der Waals surface area contributed by atoms with Gasteiger partial charge >= 0.3 is 0 Å². The van der Waals surface area contributed by atoms with Crippen LogP contribution in [-0.4, -0.2) is 9.97 Å². The largest absolute Gasteiger partial charge is 0.339 e. The average molecular weight is 231 g/mol. The molecule has 3 heteroatoms. The normalized spacial score (nSPS) is 10.5. The zero-order valence-corrected chi connectivity index (χ0v) is 9.02. The maximum absolute atomic E-state index is 4.27. The van der Waals surface area contributed by atoms with Crippen LogP contribution in [0.2, 0.25) is 0 Å². The second kappa shape index (κ2) is 5.36. The lowest BCUT2D eigenvalue weighted by Gasteiger charge is -1.95. The Labute approximate surface area is 81.9 Å². The molecule has 1 heterocycles. The Morgan fingerprint density at radius 2 is 2.25 bits per heavy atom. The maximum atomic E-state index is 4.27. The van der Waals surface area contributed by atoms with Crippen LogP contribution in [-0.2, 0) is 6.42 Å². The summed E-state index contributed by atoms with van der Waals surface area (Å²) < 4.78 is 0.841. The number of unbranched alkanes of at least 4 members (excludes halogenated alkanes) is 3. The topological polar surface area (TPSA) is 28.7 Å². The van der Waals surface area contributed by atoms with E-state index in [0.717, 1.165) is 16.8 Å². The van der Waals surface area contributed by atoms with Crippen molar-refractivity contribution >= 4 is 15.9 Å². The minimum atomic E-state index is 0.841. The third-order valence-electron chi connectivity index (χ3n) is 1.89. The molecule has 0 aliphatic heterocycles. The van der Waals surface area contributed by atoms with Crippen molar-refractivity contribution in [2.75, 3.05) is 0 Å². The van der Waals surface area contributed by atoms with Crippen molar-refractivity contribution in [1.82, 2.24) is 9.97 Å². The molecule has 0 amide bonds. The average Bonchev–Trinajstić information content (AvgIpc) is 2.45. The van der Waals surface area contributed by atoms with Gasteiger partial charge in [-0.3, -0.25) is 0 Å². The third-order valence-corrected chi connectivity index (χ3v) is 2.29. The summed E-state index contributed by atoms with van der Waals surface area (Å²) in [4.78, 5) is 7.28. The molecule has 1 aromatic heterocycles. The summed E-state index contributed by atoms with van der Waals surface area (Å²) in [7, 11) is 0. The molecule has 1 rings (SSSR count). The second-order valence-corrected chi connectivity index (χ2v) is 3.74. The predicted octanol–water partition coefficient (Wildman–Crippen LogP) is 3.30. The van der Waals surface area contributed by atoms with Gasteiger partial charge in [-0.15, -0.1) is 0 Å². The molecule has 0 unspecified atom stereocenters. The van der Waals surface area contributed by atoms with Crippen LogP contribution < -0.4 is 0 Å². The molecule has 1 aromatic rings. The molecule has 1 N–H and O–H groups in total. The molecule has 0 aromatic carbocycles. The number of halogens is 1. The molecule has 12 heavy (non-hydrogen) atoms. The number of imidazole rings is 1. The van der Waals surface area contributed by atoms with Crippen LogP contribution in [0.1, 0.15) is 38.3 Å². The van der Waals surface area contributed by atoms with E-state index >= 15 is 0 Å². The first kappa shape index (κ1) is 9.78. The van der Waals surface area contributed by atoms with E-state index in [4.69, 9.17) is 0 Å². The summed E-state index contributed by atoms with van der Waals surface area (Å²) in [5.41, 5.74) is 1.16. The summed E-state index contributed by atoms with van der Waals surface area (Å²) in [6.45, 7) is 2.23. The van der Waals surface area contributed by atoms with Crippen LogP contribution in [0.25, 0.3) is 0 Å². The molecular weight excluding hydrogens is 216 g/mol. The van der Waals surface area contributed by atoms with E-state index in [2.05, 4.69) is 32.8 Å². The zero-order valence-electron chi connectivity index (χ0n) is 7.44. The number of aryl methyl sites for hydroxylation is 1. The molecule has 0 bridgehead atoms. The monoisotopic (exact) mass is 230 g/mol. The van der Waals surface area contributed by atoms with Crippen LogP contribution in [0.15, 0.2) is 10.9 Å². The first-order valence-corrected chi connectivity index (χ1v) is 5.32. The Hall–Kier alpha value is -0.310. The Bertz CT molecular complexity index is 220. The highest BCUT2D eigenvalue weighted by Gasteiger charge is 1.97. The summed E-state index contributed by atoms with van der Waals surface area (Å²) in [6.07, 6.45) is 8.28. The summed E-state index contributed by atoms with van der Waals surface area (Å²) in [5.74, 6) is 0. The molecule has 0 spiro atoms. The van der Waals surface area contributed by atoms with E-state index < -0.39 is 0 Å². The Morgan fingerprint density at radius 3 is 2.83 bits per heavy atom. The fourth-order valence-corrected chi connectivity index (χ4v) is 1.54. The number of H-pyrrole nitrogens is 1. The highest BCUT2D eigenvalue weighted by Crippen LogP contribution is 2.08. The van der Waals surface area contributed by atoms with Gasteiger partial charge in [0.1, 0.15) is 0 Å². The van der Waals surface area contributed by atoms with Crippen LogP contribution in [0.4, 0.5) is 0 Å². The van der Waals surface area contributed by atoms with E-state index in [1.54, 1.807) is 0 Å². The molecule has 0 aliphatic rings. The van der Waals surface area contributed by atoms with Crippen molar-refractivity contribution in [3.63, 3.8) is 0 Å². The van der Waals surface area contributed by atoms with Gasteiger partial charge in [-0.1, -0.05) is 26.2 Å². The lowest BCUT2D eigenvalue weighted by Crippen LogP contribution is -1.85. The number of nitrogens with one attached hydrogen (secondary N) is 1. The van der Waals surface area contributed by atoms with Crippen molar-refractivity contribution in [2.24, 2.45) is 0 Å². The van der Waals surface area contributed by atoms with Crippen LogP contribution in [0.3, 0.4) is 0 Å². The standard InChI is InChI=1S/C9H15BrN2/c1-2-3-4-5-6-8-7-11-9(10)12-8/h7H,2-6H2,1H3,(H,11,12). The lowest BCUT2D eigenvalue weighted by molar-refractivity contribution is 0.661. The third kappa shape index (κ3) is 3.39. The van der Waals surface area contributed by atoms with Crippen LogP contribution >= 0.6 is 15.9 Å². The minimum absolute atomic E-state index is 0.841. The molecule has 2 nitrogen and oxygen atoms in total. The van der Waals surface area contributed by atoms with Gasteiger partial charge in [0.05, 0.1) is 5.69 Å². The Kier molecular flexibility index (Phi) is 4.36. The van der Waals surface area contributed by atoms with Crippen LogP contribution in [0.5, 0.6) is 0 Å². The van der Waals surface area contributed by atoms with Gasteiger partial charge in [0, 0.05) is 6.20 Å². The molecular formula is C9H15BrN2. The SMILES string of the molecule is CCCCCCc1c[nH]c(Br)n1. The molecule has 0 saturated carbocycles. The van der Waals surface area contributed by atoms with E-state index in [1.165, 1.54) is 25.7 Å². The predicted molar refractivity (Wildman–Crippen MR) is 54.1 cm³/mol. The van der Waals surface area contributed by atoms with E-state index in [1.807, 2.05) is 6.20 Å². The quantitative estimate of drug-likeness (QED) is 0.774. The number of hydrogen-bond donors (Lipinski definition) is 1. The van der Waals surface area contributed by atoms with E-state index in [9.17, 15) is 0 Å². The van der Waals surface area contributed by atoms with Crippen molar-refractivity contribution in [3.05, 3.63) is 16.6 Å². The van der Waals surface area contributed by atoms with Gasteiger partial charge in [0.15, 0.2) is 4.73 Å². The highest BCUT2D eigenvalue weighted by molar-refractivity contribution is 9.10. The van der Waals surface area contributed by atoms with Crippen molar-refractivity contribution < 1.29 is 0 Å². The van der Waals surface area contributed by atoms with Gasteiger partial charge in [-0.25, -0.2) is 4.98 Å². The van der Waals surface area contributed by atoms with Gasteiger partial charge < -0.3 is 4.98 Å². The number of aromatic amines is 1. The number of nitrogens with zero attached hydrogens (tertiary/aromatic N) is 1. The fourth-order valence-electron chi connectivity index (χ4n) is 1.19. The summed E-state index contributed by atoms with van der Waals surface area (Å²) in [5, 5.41) is 0. The second-order valence-electron chi connectivity index (χ2n) is 2.99. The molecule has 0 atom stereocenters. The van der Waals surface area contributed by atoms with E-state index in [-0.39, 0.29) is 0 Å². The summed E-state index contributed by atoms with van der Waals surface area (Å²) >= 11 is 3.29. The zero-order chi connectivity index (χ0) is 8.81. The summed E-state index contributed by atoms with van der Waals surface area (Å²) in [6, 6.07) is 0. The first-order valence-electron chi connectivity index (χ1n) is 4.52. The number of rotatable bonds is 5. The Balaban J connectivity index is 2.15. The first-order chi connectivity index (χ1) is 5.83. The van der Waals surface area contributed by atoms with Crippen molar-refractivity contribution in [3.8, 4) is 0 Å². The highest BCUT2D eigenvalue weighted by atomic mass is 79.9. The van der Waals surface area contributed by atoms with Crippen molar-refractivity contribution in [1.29, 1.82) is 0 Å². The van der Waals surface area contributed by atoms with Gasteiger partial charge in [0.25, 0.3) is 0 Å². The van der Waals surface area contributed by atoms with Gasteiger partial charge in [-0.05, 0) is 28.8 Å². The number of aromatic nitrogens is 2. The molecule has 0 fully saturated rings. The molecule has 0 radical (unpaired) electrons. The molecule has 68 valence electrons. The molecule has 0 aliphatic carbocycles.